The number of benzene rings is 3. The number of carbonyl (C=O) groups is 1. The Morgan fingerprint density at radius 3 is 2.64 bits per heavy atom. The van der Waals surface area contributed by atoms with Crippen LogP contribution < -0.4 is 10.1 Å². The minimum Gasteiger partial charge on any atom is -0.494 e. The molecule has 0 aliphatic carbocycles. The van der Waals surface area contributed by atoms with Crippen LogP contribution >= 0.6 is 23.4 Å². The van der Waals surface area contributed by atoms with Gasteiger partial charge in [-0.25, -0.2) is 4.79 Å². The van der Waals surface area contributed by atoms with E-state index in [9.17, 15) is 20.1 Å². The zero-order chi connectivity index (χ0) is 28.0. The molecule has 3 aromatic rings. The van der Waals surface area contributed by atoms with E-state index in [1.54, 1.807) is 36.4 Å². The summed E-state index contributed by atoms with van der Waals surface area (Å²) in [7, 11) is 1.28. The summed E-state index contributed by atoms with van der Waals surface area (Å²) >= 11 is 7.85. The lowest BCUT2D eigenvalue weighted by Crippen LogP contribution is -2.54. The number of thioether (sulfide) groups is 1. The molecule has 1 saturated heterocycles. The molecular formula is C29H32ClNO7S. The second-order valence-electron chi connectivity index (χ2n) is 9.22. The largest absolute Gasteiger partial charge is 0.494 e. The summed E-state index contributed by atoms with van der Waals surface area (Å²) in [4.78, 5) is 12.3. The average molecular weight is 574 g/mol. The zero-order valence-corrected chi connectivity index (χ0v) is 23.2. The third kappa shape index (κ3) is 7.45. The third-order valence-electron chi connectivity index (χ3n) is 6.41. The van der Waals surface area contributed by atoms with Gasteiger partial charge in [0.1, 0.15) is 11.9 Å². The van der Waals surface area contributed by atoms with E-state index in [2.05, 4.69) is 10.1 Å². The highest BCUT2D eigenvalue weighted by Crippen LogP contribution is 2.39. The molecule has 4 atom stereocenters. The van der Waals surface area contributed by atoms with Crippen LogP contribution in [0, 0.1) is 0 Å². The van der Waals surface area contributed by atoms with Crippen molar-refractivity contribution in [3.8, 4) is 5.75 Å². The fourth-order valence-corrected chi connectivity index (χ4v) is 5.58. The number of hydrogen-bond donors (Lipinski definition) is 4. The first kappa shape index (κ1) is 29.2. The number of ether oxygens (including phenoxy) is 3. The molecule has 0 saturated carbocycles. The van der Waals surface area contributed by atoms with E-state index in [-0.39, 0.29) is 12.2 Å². The highest BCUT2D eigenvalue weighted by Gasteiger charge is 2.46. The van der Waals surface area contributed by atoms with Gasteiger partial charge in [-0.3, -0.25) is 5.32 Å². The molecule has 10 heteroatoms. The van der Waals surface area contributed by atoms with E-state index in [1.165, 1.54) is 18.9 Å². The van der Waals surface area contributed by atoms with Crippen molar-refractivity contribution in [3.63, 3.8) is 0 Å². The van der Waals surface area contributed by atoms with Gasteiger partial charge in [-0.1, -0.05) is 35.9 Å². The van der Waals surface area contributed by atoms with Crippen molar-refractivity contribution < 1.29 is 34.3 Å². The molecule has 1 heterocycles. The highest BCUT2D eigenvalue weighted by molar-refractivity contribution is 7.99. The Balaban J connectivity index is 1.48. The van der Waals surface area contributed by atoms with E-state index in [0.29, 0.717) is 29.3 Å². The van der Waals surface area contributed by atoms with Crippen LogP contribution in [0.2, 0.25) is 5.02 Å². The van der Waals surface area contributed by atoms with Crippen LogP contribution in [-0.4, -0.2) is 59.2 Å². The molecular weight excluding hydrogens is 542 g/mol. The number of amides is 1. The van der Waals surface area contributed by atoms with Gasteiger partial charge in [-0.2, -0.15) is 0 Å². The van der Waals surface area contributed by atoms with Crippen molar-refractivity contribution >= 4 is 35.1 Å². The lowest BCUT2D eigenvalue weighted by Gasteiger charge is -2.42. The SMILES string of the molecule is CCOc1ccc(Cc2cc([C@]3(O)C[C@@H](O)[C@H](O)[C@@H](CSc4cccc(NC(=O)OC)c4)O3)ccc2Cl)cc1. The normalized spacial score (nSPS) is 22.8. The van der Waals surface area contributed by atoms with Gasteiger partial charge in [-0.05, 0) is 66.9 Å². The summed E-state index contributed by atoms with van der Waals surface area (Å²) in [5.74, 6) is -0.792. The van der Waals surface area contributed by atoms with Crippen LogP contribution in [0.5, 0.6) is 5.75 Å². The molecule has 8 nitrogen and oxygen atoms in total. The quantitative estimate of drug-likeness (QED) is 0.266. The zero-order valence-electron chi connectivity index (χ0n) is 21.7. The summed E-state index contributed by atoms with van der Waals surface area (Å²) in [5, 5.41) is 36.0. The molecule has 3 aromatic carbocycles. The van der Waals surface area contributed by atoms with E-state index in [0.717, 1.165) is 21.8 Å². The van der Waals surface area contributed by atoms with Crippen molar-refractivity contribution in [2.45, 2.75) is 48.8 Å². The van der Waals surface area contributed by atoms with Gasteiger partial charge >= 0.3 is 6.09 Å². The molecule has 0 bridgehead atoms. The van der Waals surface area contributed by atoms with Crippen molar-refractivity contribution in [2.75, 3.05) is 24.8 Å². The number of halogens is 1. The number of methoxy groups -OCH3 is 1. The Bertz CT molecular complexity index is 1270. The maximum Gasteiger partial charge on any atom is 0.411 e. The minimum absolute atomic E-state index is 0.196. The van der Waals surface area contributed by atoms with Crippen LogP contribution in [-0.2, 0) is 21.7 Å². The number of aliphatic hydroxyl groups is 3. The van der Waals surface area contributed by atoms with Gasteiger partial charge in [0, 0.05) is 33.3 Å². The molecule has 0 spiro atoms. The predicted octanol–water partition coefficient (Wildman–Crippen LogP) is 4.96. The van der Waals surface area contributed by atoms with Crippen LogP contribution in [0.3, 0.4) is 0 Å². The summed E-state index contributed by atoms with van der Waals surface area (Å²) in [6.07, 6.45) is -3.52. The number of nitrogens with one attached hydrogen (secondary N) is 1. The topological polar surface area (TPSA) is 117 Å². The lowest BCUT2D eigenvalue weighted by molar-refractivity contribution is -0.303. The first-order valence-electron chi connectivity index (χ1n) is 12.6. The minimum atomic E-state index is -1.82. The van der Waals surface area contributed by atoms with E-state index < -0.39 is 30.2 Å². The number of hydrogen-bond acceptors (Lipinski definition) is 8. The number of rotatable bonds is 9. The Labute approximate surface area is 236 Å². The molecule has 4 N–H and O–H groups in total. The Morgan fingerprint density at radius 2 is 1.92 bits per heavy atom. The van der Waals surface area contributed by atoms with Crippen molar-refractivity contribution in [1.29, 1.82) is 0 Å². The molecule has 208 valence electrons. The van der Waals surface area contributed by atoms with E-state index >= 15 is 0 Å². The number of carbonyl (C=O) groups excluding carboxylic acids is 1. The standard InChI is InChI=1S/C29H32ClNO7S/c1-3-37-22-10-7-18(8-11-22)13-19-14-20(9-12-24(19)30)29(35)16-25(32)27(33)26(38-29)17-39-23-6-4-5-21(15-23)31-28(34)36-2/h4-12,14-15,25-27,32-33,35H,3,13,16-17H2,1-2H3,(H,31,34)/t25-,26-,27+,29+/m1/s1. The molecule has 0 radical (unpaired) electrons. The second-order valence-corrected chi connectivity index (χ2v) is 10.7. The van der Waals surface area contributed by atoms with Crippen LogP contribution in [0.15, 0.2) is 71.6 Å². The van der Waals surface area contributed by atoms with Crippen molar-refractivity contribution in [1.82, 2.24) is 0 Å². The molecule has 1 fully saturated rings. The maximum atomic E-state index is 11.5. The van der Waals surface area contributed by atoms with Crippen LogP contribution in [0.1, 0.15) is 30.0 Å². The first-order valence-corrected chi connectivity index (χ1v) is 13.9. The maximum absolute atomic E-state index is 11.5. The van der Waals surface area contributed by atoms with Gasteiger partial charge in [0.15, 0.2) is 5.79 Å². The van der Waals surface area contributed by atoms with Gasteiger partial charge in [0.05, 0.1) is 25.9 Å². The van der Waals surface area contributed by atoms with Gasteiger partial charge in [0.2, 0.25) is 0 Å². The summed E-state index contributed by atoms with van der Waals surface area (Å²) < 4.78 is 16.2. The lowest BCUT2D eigenvalue weighted by atomic mass is 9.90. The van der Waals surface area contributed by atoms with Gasteiger partial charge in [0.25, 0.3) is 0 Å². The summed E-state index contributed by atoms with van der Waals surface area (Å²) in [6, 6.07) is 20.0. The summed E-state index contributed by atoms with van der Waals surface area (Å²) in [5.41, 5.74) is 2.80. The fraction of sp³-hybridized carbons (Fsp3) is 0.345. The predicted molar refractivity (Wildman–Crippen MR) is 150 cm³/mol. The molecule has 1 aliphatic heterocycles. The van der Waals surface area contributed by atoms with Crippen LogP contribution in [0.4, 0.5) is 10.5 Å². The first-order chi connectivity index (χ1) is 18.7. The highest BCUT2D eigenvalue weighted by atomic mass is 35.5. The van der Waals surface area contributed by atoms with Crippen molar-refractivity contribution in [3.05, 3.63) is 88.4 Å². The number of aliphatic hydroxyl groups excluding tert-OH is 2. The molecule has 0 unspecified atom stereocenters. The second kappa shape index (κ2) is 13.0. The fourth-order valence-electron chi connectivity index (χ4n) is 4.39. The van der Waals surface area contributed by atoms with E-state index in [1.807, 2.05) is 37.3 Å². The number of anilines is 1. The summed E-state index contributed by atoms with van der Waals surface area (Å²) in [6.45, 7) is 2.52. The Kier molecular flexibility index (Phi) is 9.76. The smallest absolute Gasteiger partial charge is 0.411 e. The Hall–Kier alpha value is -2.79. The van der Waals surface area contributed by atoms with Crippen LogP contribution in [0.25, 0.3) is 0 Å². The molecule has 39 heavy (non-hydrogen) atoms. The molecule has 4 rings (SSSR count). The van der Waals surface area contributed by atoms with Gasteiger partial charge in [-0.15, -0.1) is 11.8 Å². The molecule has 0 aromatic heterocycles. The van der Waals surface area contributed by atoms with Crippen molar-refractivity contribution in [2.24, 2.45) is 0 Å². The molecule has 1 aliphatic rings. The monoisotopic (exact) mass is 573 g/mol. The molecule has 1 amide bonds. The third-order valence-corrected chi connectivity index (χ3v) is 7.86. The van der Waals surface area contributed by atoms with E-state index in [4.69, 9.17) is 21.1 Å². The average Bonchev–Trinajstić information content (AvgIpc) is 2.92. The van der Waals surface area contributed by atoms with Gasteiger partial charge < -0.3 is 29.5 Å². The Morgan fingerprint density at radius 1 is 1.15 bits per heavy atom.